The van der Waals surface area contributed by atoms with Crippen LogP contribution in [0.5, 0.6) is 0 Å². The Morgan fingerprint density at radius 1 is 0.969 bits per heavy atom. The van der Waals surface area contributed by atoms with Gasteiger partial charge in [-0.1, -0.05) is 48.0 Å². The fourth-order valence-corrected chi connectivity index (χ4v) is 5.89. The second-order valence-corrected chi connectivity index (χ2v) is 10.5. The number of hydrogen-bond donors (Lipinski definition) is 1. The van der Waals surface area contributed by atoms with Crippen molar-refractivity contribution in [1.82, 2.24) is 9.21 Å². The van der Waals surface area contributed by atoms with Gasteiger partial charge in [0.25, 0.3) is 0 Å². The van der Waals surface area contributed by atoms with Gasteiger partial charge in [-0.05, 0) is 53.9 Å². The zero-order valence-electron chi connectivity index (χ0n) is 18.1. The van der Waals surface area contributed by atoms with Crippen molar-refractivity contribution in [2.24, 2.45) is 0 Å². The van der Waals surface area contributed by atoms with E-state index in [9.17, 15) is 13.2 Å². The van der Waals surface area contributed by atoms with E-state index in [1.54, 1.807) is 12.1 Å². The monoisotopic (exact) mass is 471 g/mol. The smallest absolute Gasteiger partial charge is 0.243 e. The number of carbonyl (C=O) groups is 1. The number of amides is 1. The van der Waals surface area contributed by atoms with Gasteiger partial charge in [0.1, 0.15) is 0 Å². The standard InChI is InChI=1S/C24H26ClN3O3S/c1-17-13-18(2)24(22(25)14-17)26-23(29)16-27-9-11-28(12-10-27)32(30,31)21-8-7-19-5-3-4-6-20(19)15-21/h3-8,13-15H,9-12,16H2,1-2H3,(H,26,29). The van der Waals surface area contributed by atoms with E-state index in [4.69, 9.17) is 11.6 Å². The minimum absolute atomic E-state index is 0.162. The van der Waals surface area contributed by atoms with Crippen LogP contribution in [0.4, 0.5) is 5.69 Å². The van der Waals surface area contributed by atoms with Crippen molar-refractivity contribution < 1.29 is 13.2 Å². The molecule has 1 aliphatic rings. The van der Waals surface area contributed by atoms with Crippen LogP contribution in [-0.4, -0.2) is 56.3 Å². The van der Waals surface area contributed by atoms with Crippen LogP contribution >= 0.6 is 11.6 Å². The highest BCUT2D eigenvalue weighted by Crippen LogP contribution is 2.27. The zero-order chi connectivity index (χ0) is 22.9. The predicted molar refractivity (Wildman–Crippen MR) is 129 cm³/mol. The van der Waals surface area contributed by atoms with Gasteiger partial charge in [0.15, 0.2) is 0 Å². The maximum Gasteiger partial charge on any atom is 0.243 e. The van der Waals surface area contributed by atoms with E-state index in [2.05, 4.69) is 5.32 Å². The van der Waals surface area contributed by atoms with E-state index >= 15 is 0 Å². The van der Waals surface area contributed by atoms with E-state index in [0.717, 1.165) is 21.9 Å². The zero-order valence-corrected chi connectivity index (χ0v) is 19.7. The van der Waals surface area contributed by atoms with Crippen LogP contribution in [0, 0.1) is 13.8 Å². The number of carbonyl (C=O) groups excluding carboxylic acids is 1. The highest BCUT2D eigenvalue weighted by atomic mass is 35.5. The molecule has 0 aliphatic carbocycles. The molecular formula is C24H26ClN3O3S. The number of hydrogen-bond acceptors (Lipinski definition) is 4. The topological polar surface area (TPSA) is 69.7 Å². The van der Waals surface area contributed by atoms with Crippen molar-refractivity contribution in [3.05, 3.63) is 70.7 Å². The summed E-state index contributed by atoms with van der Waals surface area (Å²) >= 11 is 6.28. The van der Waals surface area contributed by atoms with E-state index in [0.29, 0.717) is 41.8 Å². The van der Waals surface area contributed by atoms with E-state index in [1.165, 1.54) is 4.31 Å². The van der Waals surface area contributed by atoms with Gasteiger partial charge in [-0.15, -0.1) is 0 Å². The number of anilines is 1. The lowest BCUT2D eigenvalue weighted by atomic mass is 10.1. The molecule has 0 atom stereocenters. The number of fused-ring (bicyclic) bond motifs is 1. The first-order valence-corrected chi connectivity index (χ1v) is 12.3. The molecule has 0 aromatic heterocycles. The molecule has 3 aromatic rings. The van der Waals surface area contributed by atoms with Crippen LogP contribution < -0.4 is 5.32 Å². The number of rotatable bonds is 5. The predicted octanol–water partition coefficient (Wildman–Crippen LogP) is 4.06. The number of nitrogens with one attached hydrogen (secondary N) is 1. The summed E-state index contributed by atoms with van der Waals surface area (Å²) in [5.41, 5.74) is 2.57. The van der Waals surface area contributed by atoms with Crippen molar-refractivity contribution in [2.75, 3.05) is 38.0 Å². The summed E-state index contributed by atoms with van der Waals surface area (Å²) in [4.78, 5) is 14.8. The third-order valence-electron chi connectivity index (χ3n) is 5.75. The maximum atomic E-state index is 13.1. The fraction of sp³-hybridized carbons (Fsp3) is 0.292. The Bertz CT molecular complexity index is 1250. The van der Waals surface area contributed by atoms with Crippen molar-refractivity contribution in [3.8, 4) is 0 Å². The van der Waals surface area contributed by atoms with Crippen molar-refractivity contribution in [1.29, 1.82) is 0 Å². The van der Waals surface area contributed by atoms with Gasteiger partial charge < -0.3 is 5.32 Å². The van der Waals surface area contributed by atoms with Gasteiger partial charge in [0.2, 0.25) is 15.9 Å². The SMILES string of the molecule is Cc1cc(C)c(NC(=O)CN2CCN(S(=O)(=O)c3ccc4ccccc4c3)CC2)c(Cl)c1. The minimum Gasteiger partial charge on any atom is -0.323 e. The summed E-state index contributed by atoms with van der Waals surface area (Å²) < 4.78 is 27.7. The third kappa shape index (κ3) is 4.81. The molecule has 0 bridgehead atoms. The molecule has 1 heterocycles. The minimum atomic E-state index is -3.58. The van der Waals surface area contributed by atoms with Crippen LogP contribution in [0.1, 0.15) is 11.1 Å². The molecule has 3 aromatic carbocycles. The summed E-state index contributed by atoms with van der Waals surface area (Å²) in [6.45, 7) is 5.70. The van der Waals surface area contributed by atoms with Crippen LogP contribution in [0.3, 0.4) is 0 Å². The second-order valence-electron chi connectivity index (χ2n) is 8.18. The Kier molecular flexibility index (Phi) is 6.53. The van der Waals surface area contributed by atoms with E-state index in [-0.39, 0.29) is 12.5 Å². The van der Waals surface area contributed by atoms with Crippen LogP contribution in [0.25, 0.3) is 10.8 Å². The fourth-order valence-electron chi connectivity index (χ4n) is 4.06. The quantitative estimate of drug-likeness (QED) is 0.609. The molecule has 1 N–H and O–H groups in total. The molecular weight excluding hydrogens is 446 g/mol. The lowest BCUT2D eigenvalue weighted by molar-refractivity contribution is -0.117. The van der Waals surface area contributed by atoms with Crippen molar-refractivity contribution in [2.45, 2.75) is 18.7 Å². The molecule has 32 heavy (non-hydrogen) atoms. The first-order chi connectivity index (χ1) is 15.2. The van der Waals surface area contributed by atoms with Gasteiger partial charge in [-0.2, -0.15) is 4.31 Å². The molecule has 8 heteroatoms. The Labute approximate surface area is 193 Å². The Morgan fingerprint density at radius 2 is 1.66 bits per heavy atom. The lowest BCUT2D eigenvalue weighted by Gasteiger charge is -2.33. The van der Waals surface area contributed by atoms with Crippen LogP contribution in [0.15, 0.2) is 59.5 Å². The largest absolute Gasteiger partial charge is 0.323 e. The third-order valence-corrected chi connectivity index (χ3v) is 7.95. The van der Waals surface area contributed by atoms with E-state index in [1.807, 2.05) is 61.2 Å². The van der Waals surface area contributed by atoms with Crippen molar-refractivity contribution in [3.63, 3.8) is 0 Å². The number of aryl methyl sites for hydroxylation is 2. The molecule has 0 unspecified atom stereocenters. The molecule has 1 aliphatic heterocycles. The van der Waals surface area contributed by atoms with Crippen LogP contribution in [-0.2, 0) is 14.8 Å². The normalized spacial score (nSPS) is 15.7. The average molecular weight is 472 g/mol. The van der Waals surface area contributed by atoms with Gasteiger partial charge in [0.05, 0.1) is 22.2 Å². The summed E-state index contributed by atoms with van der Waals surface area (Å²) in [6.07, 6.45) is 0. The number of sulfonamides is 1. The Hall–Kier alpha value is -2.45. The first kappa shape index (κ1) is 22.7. The molecule has 0 radical (unpaired) electrons. The Morgan fingerprint density at radius 3 is 2.34 bits per heavy atom. The Balaban J connectivity index is 1.37. The van der Waals surface area contributed by atoms with E-state index < -0.39 is 10.0 Å². The van der Waals surface area contributed by atoms with Gasteiger partial charge in [-0.3, -0.25) is 9.69 Å². The molecule has 1 saturated heterocycles. The van der Waals surface area contributed by atoms with Gasteiger partial charge >= 0.3 is 0 Å². The van der Waals surface area contributed by atoms with Crippen LogP contribution in [0.2, 0.25) is 5.02 Å². The van der Waals surface area contributed by atoms with Crippen molar-refractivity contribution >= 4 is 44.0 Å². The first-order valence-electron chi connectivity index (χ1n) is 10.5. The highest BCUT2D eigenvalue weighted by molar-refractivity contribution is 7.89. The molecule has 168 valence electrons. The number of nitrogens with zero attached hydrogens (tertiary/aromatic N) is 2. The molecule has 0 saturated carbocycles. The van der Waals surface area contributed by atoms with Gasteiger partial charge in [0, 0.05) is 26.2 Å². The average Bonchev–Trinajstić information content (AvgIpc) is 2.76. The van der Waals surface area contributed by atoms with Gasteiger partial charge in [-0.25, -0.2) is 8.42 Å². The maximum absolute atomic E-state index is 13.1. The summed E-state index contributed by atoms with van der Waals surface area (Å²) in [5, 5.41) is 5.31. The number of benzene rings is 3. The summed E-state index contributed by atoms with van der Waals surface area (Å²) in [7, 11) is -3.58. The summed E-state index contributed by atoms with van der Waals surface area (Å²) in [6, 6.07) is 16.7. The molecule has 1 fully saturated rings. The molecule has 1 amide bonds. The highest BCUT2D eigenvalue weighted by Gasteiger charge is 2.29. The lowest BCUT2D eigenvalue weighted by Crippen LogP contribution is -2.50. The number of halogens is 1. The second kappa shape index (κ2) is 9.19. The molecule has 6 nitrogen and oxygen atoms in total. The summed E-state index contributed by atoms with van der Waals surface area (Å²) in [5.74, 6) is -0.162. The number of piperazine rings is 1. The molecule has 0 spiro atoms. The molecule has 4 rings (SSSR count).